The fourth-order valence-corrected chi connectivity index (χ4v) is 4.23. The molecule has 0 bridgehead atoms. The van der Waals surface area contributed by atoms with Crippen molar-refractivity contribution >= 4 is 15.7 Å². The average Bonchev–Trinajstić information content (AvgIpc) is 3.05. The predicted molar refractivity (Wildman–Crippen MR) is 93.7 cm³/mol. The number of halogens is 2. The van der Waals surface area contributed by atoms with E-state index < -0.39 is 21.7 Å². The molecular formula is C18H20F2N2O2S. The lowest BCUT2D eigenvalue weighted by molar-refractivity contribution is 0.508. The van der Waals surface area contributed by atoms with Gasteiger partial charge in [-0.25, -0.2) is 21.9 Å². The highest BCUT2D eigenvalue weighted by molar-refractivity contribution is 7.88. The lowest BCUT2D eigenvalue weighted by atomic mass is 10.1. The normalized spacial score (nSPS) is 17.8. The van der Waals surface area contributed by atoms with Crippen LogP contribution < -0.4 is 9.62 Å². The Morgan fingerprint density at radius 3 is 2.56 bits per heavy atom. The van der Waals surface area contributed by atoms with Crippen molar-refractivity contribution in [2.24, 2.45) is 5.92 Å². The number of benzene rings is 2. The molecule has 1 heterocycles. The summed E-state index contributed by atoms with van der Waals surface area (Å²) in [6, 6.07) is 12.8. The molecule has 1 fully saturated rings. The Labute approximate surface area is 146 Å². The molecule has 1 aliphatic rings. The van der Waals surface area contributed by atoms with Gasteiger partial charge in [-0.05, 0) is 30.0 Å². The predicted octanol–water partition coefficient (Wildman–Crippen LogP) is 2.91. The number of nitrogens with one attached hydrogen (secondary N) is 1. The van der Waals surface area contributed by atoms with E-state index in [-0.39, 0.29) is 11.7 Å². The maximum absolute atomic E-state index is 13.3. The molecule has 1 saturated heterocycles. The van der Waals surface area contributed by atoms with Crippen molar-refractivity contribution in [3.8, 4) is 0 Å². The van der Waals surface area contributed by atoms with E-state index in [0.717, 1.165) is 18.1 Å². The summed E-state index contributed by atoms with van der Waals surface area (Å²) in [7, 11) is -3.39. The molecule has 1 atom stereocenters. The average molecular weight is 366 g/mol. The fraction of sp³-hybridized carbons (Fsp3) is 0.333. The van der Waals surface area contributed by atoms with Gasteiger partial charge in [-0.3, -0.25) is 0 Å². The molecule has 2 aromatic rings. The van der Waals surface area contributed by atoms with Gasteiger partial charge in [0.05, 0.1) is 5.75 Å². The zero-order chi connectivity index (χ0) is 17.9. The zero-order valence-corrected chi connectivity index (χ0v) is 14.5. The standard InChI is InChI=1S/C18H20F2N2O2S/c19-17-7-6-16(10-18(17)20)22-9-8-15(12-22)11-21-25(23,24)13-14-4-2-1-3-5-14/h1-7,10,15,21H,8-9,11-13H2. The van der Waals surface area contributed by atoms with Gasteiger partial charge in [0.15, 0.2) is 11.6 Å². The number of hydrogen-bond donors (Lipinski definition) is 1. The topological polar surface area (TPSA) is 49.4 Å². The Kier molecular flexibility index (Phi) is 5.34. The van der Waals surface area contributed by atoms with E-state index >= 15 is 0 Å². The van der Waals surface area contributed by atoms with Gasteiger partial charge in [0.1, 0.15) is 0 Å². The highest BCUT2D eigenvalue weighted by atomic mass is 32.2. The zero-order valence-electron chi connectivity index (χ0n) is 13.7. The summed E-state index contributed by atoms with van der Waals surface area (Å²) in [6.07, 6.45) is 0.798. The molecule has 1 aliphatic heterocycles. The smallest absolute Gasteiger partial charge is 0.215 e. The Morgan fingerprint density at radius 2 is 1.84 bits per heavy atom. The van der Waals surface area contributed by atoms with Crippen LogP contribution in [0, 0.1) is 17.6 Å². The molecule has 25 heavy (non-hydrogen) atoms. The summed E-state index contributed by atoms with van der Waals surface area (Å²) in [4.78, 5) is 1.94. The monoisotopic (exact) mass is 366 g/mol. The van der Waals surface area contributed by atoms with Crippen LogP contribution >= 0.6 is 0 Å². The summed E-state index contributed by atoms with van der Waals surface area (Å²) in [6.45, 7) is 1.64. The van der Waals surface area contributed by atoms with Gasteiger partial charge < -0.3 is 4.90 Å². The number of nitrogens with zero attached hydrogens (tertiary/aromatic N) is 1. The molecule has 4 nitrogen and oxygen atoms in total. The van der Waals surface area contributed by atoms with E-state index in [1.807, 2.05) is 23.1 Å². The molecule has 0 aliphatic carbocycles. The number of sulfonamides is 1. The van der Waals surface area contributed by atoms with E-state index in [1.54, 1.807) is 18.2 Å². The van der Waals surface area contributed by atoms with Gasteiger partial charge in [-0.15, -0.1) is 0 Å². The summed E-state index contributed by atoms with van der Waals surface area (Å²) in [5.74, 6) is -1.65. The van der Waals surface area contributed by atoms with Gasteiger partial charge in [0.25, 0.3) is 0 Å². The third-order valence-corrected chi connectivity index (χ3v) is 5.67. The summed E-state index contributed by atoms with van der Waals surface area (Å²) in [5, 5.41) is 0. The molecule has 2 aromatic carbocycles. The largest absolute Gasteiger partial charge is 0.371 e. The molecule has 0 spiro atoms. The van der Waals surface area contributed by atoms with Crippen molar-refractivity contribution in [3.63, 3.8) is 0 Å². The number of hydrogen-bond acceptors (Lipinski definition) is 3. The van der Waals surface area contributed by atoms with Crippen LogP contribution in [-0.4, -0.2) is 28.1 Å². The Balaban J connectivity index is 1.53. The fourth-order valence-electron chi connectivity index (χ4n) is 3.01. The molecular weight excluding hydrogens is 346 g/mol. The van der Waals surface area contributed by atoms with Crippen LogP contribution in [0.1, 0.15) is 12.0 Å². The molecule has 7 heteroatoms. The van der Waals surface area contributed by atoms with Crippen LogP contribution in [0.25, 0.3) is 0 Å². The summed E-state index contributed by atoms with van der Waals surface area (Å²) < 4.78 is 53.4. The third kappa shape index (κ3) is 4.76. The summed E-state index contributed by atoms with van der Waals surface area (Å²) >= 11 is 0. The van der Waals surface area contributed by atoms with E-state index in [4.69, 9.17) is 0 Å². The molecule has 0 radical (unpaired) electrons. The van der Waals surface area contributed by atoms with Crippen molar-refractivity contribution < 1.29 is 17.2 Å². The highest BCUT2D eigenvalue weighted by Crippen LogP contribution is 2.25. The molecule has 1 N–H and O–H groups in total. The molecule has 134 valence electrons. The van der Waals surface area contributed by atoms with Gasteiger partial charge in [0, 0.05) is 31.4 Å². The van der Waals surface area contributed by atoms with Crippen LogP contribution in [-0.2, 0) is 15.8 Å². The van der Waals surface area contributed by atoms with Crippen molar-refractivity contribution in [1.82, 2.24) is 4.72 Å². The second-order valence-electron chi connectivity index (χ2n) is 6.29. The Hall–Kier alpha value is -1.99. The minimum Gasteiger partial charge on any atom is -0.371 e. The Morgan fingerprint density at radius 1 is 1.08 bits per heavy atom. The van der Waals surface area contributed by atoms with Crippen LogP contribution in [0.3, 0.4) is 0 Å². The Bertz CT molecular complexity index is 828. The molecule has 0 aromatic heterocycles. The van der Waals surface area contributed by atoms with Crippen LogP contribution in [0.4, 0.5) is 14.5 Å². The van der Waals surface area contributed by atoms with Crippen molar-refractivity contribution in [2.45, 2.75) is 12.2 Å². The van der Waals surface area contributed by atoms with Crippen LogP contribution in [0.5, 0.6) is 0 Å². The van der Waals surface area contributed by atoms with Gasteiger partial charge in [-0.1, -0.05) is 30.3 Å². The molecule has 0 amide bonds. The van der Waals surface area contributed by atoms with Gasteiger partial charge in [0.2, 0.25) is 10.0 Å². The second kappa shape index (κ2) is 7.49. The number of rotatable bonds is 6. The molecule has 1 unspecified atom stereocenters. The lowest BCUT2D eigenvalue weighted by Gasteiger charge is -2.19. The highest BCUT2D eigenvalue weighted by Gasteiger charge is 2.25. The van der Waals surface area contributed by atoms with E-state index in [2.05, 4.69) is 4.72 Å². The van der Waals surface area contributed by atoms with Crippen molar-refractivity contribution in [2.75, 3.05) is 24.5 Å². The first-order valence-corrected chi connectivity index (χ1v) is 9.79. The SMILES string of the molecule is O=S(=O)(Cc1ccccc1)NCC1CCN(c2ccc(F)c(F)c2)C1. The minimum absolute atomic E-state index is 0.0482. The number of anilines is 1. The minimum atomic E-state index is -3.39. The van der Waals surface area contributed by atoms with Gasteiger partial charge in [-0.2, -0.15) is 0 Å². The maximum Gasteiger partial charge on any atom is 0.215 e. The third-order valence-electron chi connectivity index (χ3n) is 4.35. The lowest BCUT2D eigenvalue weighted by Crippen LogP contribution is -2.32. The van der Waals surface area contributed by atoms with Crippen LogP contribution in [0.2, 0.25) is 0 Å². The van der Waals surface area contributed by atoms with Gasteiger partial charge >= 0.3 is 0 Å². The molecule has 0 saturated carbocycles. The van der Waals surface area contributed by atoms with E-state index in [1.165, 1.54) is 6.07 Å². The van der Waals surface area contributed by atoms with Crippen molar-refractivity contribution in [3.05, 3.63) is 65.7 Å². The first-order chi connectivity index (χ1) is 11.9. The van der Waals surface area contributed by atoms with E-state index in [9.17, 15) is 17.2 Å². The van der Waals surface area contributed by atoms with Crippen LogP contribution in [0.15, 0.2) is 48.5 Å². The maximum atomic E-state index is 13.3. The molecule has 3 rings (SSSR count). The summed E-state index contributed by atoms with van der Waals surface area (Å²) in [5.41, 5.74) is 1.36. The van der Waals surface area contributed by atoms with E-state index in [0.29, 0.717) is 25.3 Å². The first kappa shape index (κ1) is 17.8. The second-order valence-corrected chi connectivity index (χ2v) is 8.10. The van der Waals surface area contributed by atoms with Crippen molar-refractivity contribution in [1.29, 1.82) is 0 Å². The first-order valence-electron chi connectivity index (χ1n) is 8.14. The quantitative estimate of drug-likeness (QED) is 0.855.